The fourth-order valence-corrected chi connectivity index (χ4v) is 1.41. The van der Waals surface area contributed by atoms with Crippen molar-refractivity contribution >= 4 is 5.69 Å². The van der Waals surface area contributed by atoms with E-state index in [0.717, 1.165) is 17.7 Å². The van der Waals surface area contributed by atoms with Crippen molar-refractivity contribution in [2.45, 2.75) is 6.61 Å². The minimum Gasteiger partial charge on any atom is -0.508 e. The van der Waals surface area contributed by atoms with Gasteiger partial charge in [-0.05, 0) is 17.7 Å². The third kappa shape index (κ3) is 2.68. The van der Waals surface area contributed by atoms with Gasteiger partial charge >= 0.3 is 0 Å². The van der Waals surface area contributed by atoms with E-state index in [1.165, 1.54) is 12.1 Å². The fraction of sp³-hybridized carbons (Fsp3) is 0.0769. The van der Waals surface area contributed by atoms with E-state index in [1.54, 1.807) is 12.1 Å². The molecule has 0 bridgehead atoms. The highest BCUT2D eigenvalue weighted by Gasteiger charge is 2.09. The zero-order valence-corrected chi connectivity index (χ0v) is 9.36. The first-order valence-corrected chi connectivity index (χ1v) is 5.21. The molecule has 18 heavy (non-hydrogen) atoms. The first kappa shape index (κ1) is 12.2. The minimum atomic E-state index is -0.725. The number of phenols is 1. The maximum atomic E-state index is 13.4. The third-order valence-electron chi connectivity index (χ3n) is 2.38. The Balaban J connectivity index is 2.10. The van der Waals surface area contributed by atoms with Crippen LogP contribution in [0.25, 0.3) is 0 Å². The maximum Gasteiger partial charge on any atom is 0.167 e. The summed E-state index contributed by atoms with van der Waals surface area (Å²) in [6.45, 7) is 0.0700. The molecule has 0 saturated carbocycles. The molecule has 0 heterocycles. The van der Waals surface area contributed by atoms with E-state index in [1.807, 2.05) is 0 Å². The monoisotopic (exact) mass is 251 g/mol. The number of anilines is 1. The van der Waals surface area contributed by atoms with Gasteiger partial charge in [0.2, 0.25) is 0 Å². The summed E-state index contributed by atoms with van der Waals surface area (Å²) in [7, 11) is 0. The van der Waals surface area contributed by atoms with Crippen molar-refractivity contribution in [3.05, 3.63) is 53.6 Å². The SMILES string of the molecule is Nc1cc(F)c(OCc2ccc(O)cc2)cc1F. The van der Waals surface area contributed by atoms with Gasteiger partial charge in [-0.1, -0.05) is 12.1 Å². The molecule has 0 atom stereocenters. The molecule has 2 aromatic rings. The van der Waals surface area contributed by atoms with E-state index in [0.29, 0.717) is 0 Å². The second-order valence-corrected chi connectivity index (χ2v) is 3.76. The smallest absolute Gasteiger partial charge is 0.167 e. The van der Waals surface area contributed by atoms with Crippen molar-refractivity contribution in [2.24, 2.45) is 0 Å². The summed E-state index contributed by atoms with van der Waals surface area (Å²) in [5.41, 5.74) is 5.68. The third-order valence-corrected chi connectivity index (χ3v) is 2.38. The zero-order valence-electron chi connectivity index (χ0n) is 9.36. The van der Waals surface area contributed by atoms with Gasteiger partial charge in [-0.3, -0.25) is 0 Å². The van der Waals surface area contributed by atoms with Crippen molar-refractivity contribution in [2.75, 3.05) is 5.73 Å². The lowest BCUT2D eigenvalue weighted by Crippen LogP contribution is -2.00. The number of hydrogen-bond acceptors (Lipinski definition) is 3. The van der Waals surface area contributed by atoms with Crippen LogP contribution in [0.4, 0.5) is 14.5 Å². The number of hydrogen-bond donors (Lipinski definition) is 2. The summed E-state index contributed by atoms with van der Waals surface area (Å²) in [6.07, 6.45) is 0. The summed E-state index contributed by atoms with van der Waals surface area (Å²) in [5, 5.41) is 9.09. The van der Waals surface area contributed by atoms with Gasteiger partial charge in [-0.15, -0.1) is 0 Å². The second kappa shape index (κ2) is 4.91. The largest absolute Gasteiger partial charge is 0.508 e. The summed E-state index contributed by atoms with van der Waals surface area (Å²) in [5.74, 6) is -1.51. The highest BCUT2D eigenvalue weighted by Crippen LogP contribution is 2.24. The quantitative estimate of drug-likeness (QED) is 0.825. The number of halogens is 2. The summed E-state index contributed by atoms with van der Waals surface area (Å²) in [4.78, 5) is 0. The topological polar surface area (TPSA) is 55.5 Å². The number of nitrogen functional groups attached to an aromatic ring is 1. The lowest BCUT2D eigenvalue weighted by atomic mass is 10.2. The van der Waals surface area contributed by atoms with Gasteiger partial charge < -0.3 is 15.6 Å². The van der Waals surface area contributed by atoms with Crippen LogP contribution in [0.5, 0.6) is 11.5 Å². The molecular formula is C13H11F2NO2. The van der Waals surface area contributed by atoms with Gasteiger partial charge in [0.05, 0.1) is 5.69 Å². The maximum absolute atomic E-state index is 13.4. The van der Waals surface area contributed by atoms with Gasteiger partial charge in [0.25, 0.3) is 0 Å². The number of rotatable bonds is 3. The molecule has 94 valence electrons. The molecule has 3 N–H and O–H groups in total. The lowest BCUT2D eigenvalue weighted by molar-refractivity contribution is 0.288. The van der Waals surface area contributed by atoms with Gasteiger partial charge in [-0.2, -0.15) is 0 Å². The Morgan fingerprint density at radius 1 is 1.06 bits per heavy atom. The first-order valence-electron chi connectivity index (χ1n) is 5.21. The molecule has 0 unspecified atom stereocenters. The summed E-state index contributed by atoms with van der Waals surface area (Å²) >= 11 is 0. The number of ether oxygens (including phenoxy) is 1. The molecule has 0 aliphatic heterocycles. The highest BCUT2D eigenvalue weighted by molar-refractivity contribution is 5.44. The molecule has 0 aliphatic carbocycles. The number of benzene rings is 2. The Morgan fingerprint density at radius 3 is 2.39 bits per heavy atom. The molecule has 2 rings (SSSR count). The molecule has 0 amide bonds. The van der Waals surface area contributed by atoms with Crippen LogP contribution in [0.3, 0.4) is 0 Å². The van der Waals surface area contributed by atoms with Crippen molar-refractivity contribution in [1.29, 1.82) is 0 Å². The number of nitrogens with two attached hydrogens (primary N) is 1. The van der Waals surface area contributed by atoms with E-state index in [4.69, 9.17) is 15.6 Å². The summed E-state index contributed by atoms with van der Waals surface area (Å²) < 4.78 is 31.7. The Labute approximate surface area is 102 Å². The van der Waals surface area contributed by atoms with Crippen LogP contribution in [-0.2, 0) is 6.61 Å². The van der Waals surface area contributed by atoms with Crippen LogP contribution < -0.4 is 10.5 Å². The molecule has 0 aromatic heterocycles. The van der Waals surface area contributed by atoms with Crippen molar-refractivity contribution in [3.8, 4) is 11.5 Å². The molecule has 0 spiro atoms. The van der Waals surface area contributed by atoms with Crippen molar-refractivity contribution in [3.63, 3.8) is 0 Å². The lowest BCUT2D eigenvalue weighted by Gasteiger charge is -2.08. The predicted octanol–water partition coefficient (Wildman–Crippen LogP) is 2.83. The van der Waals surface area contributed by atoms with Crippen LogP contribution in [0.2, 0.25) is 0 Å². The molecule has 3 nitrogen and oxygen atoms in total. The average Bonchev–Trinajstić information content (AvgIpc) is 2.34. The number of phenolic OH excluding ortho intramolecular Hbond substituents is 1. The molecule has 0 saturated heterocycles. The van der Waals surface area contributed by atoms with Crippen molar-refractivity contribution in [1.82, 2.24) is 0 Å². The van der Waals surface area contributed by atoms with Crippen LogP contribution in [0.1, 0.15) is 5.56 Å². The highest BCUT2D eigenvalue weighted by atomic mass is 19.1. The van der Waals surface area contributed by atoms with E-state index >= 15 is 0 Å². The van der Waals surface area contributed by atoms with Gasteiger partial charge in [-0.25, -0.2) is 8.78 Å². The van der Waals surface area contributed by atoms with Crippen LogP contribution in [0, 0.1) is 11.6 Å². The number of aromatic hydroxyl groups is 1. The molecule has 0 radical (unpaired) electrons. The Morgan fingerprint density at radius 2 is 1.72 bits per heavy atom. The first-order chi connectivity index (χ1) is 8.56. The van der Waals surface area contributed by atoms with E-state index in [2.05, 4.69) is 0 Å². The van der Waals surface area contributed by atoms with Crippen molar-refractivity contribution < 1.29 is 18.6 Å². The predicted molar refractivity (Wildman–Crippen MR) is 63.2 cm³/mol. The second-order valence-electron chi connectivity index (χ2n) is 3.76. The van der Waals surface area contributed by atoms with E-state index in [-0.39, 0.29) is 23.8 Å². The minimum absolute atomic E-state index is 0.0700. The van der Waals surface area contributed by atoms with E-state index < -0.39 is 11.6 Å². The molecule has 2 aromatic carbocycles. The van der Waals surface area contributed by atoms with Crippen LogP contribution in [0.15, 0.2) is 36.4 Å². The normalized spacial score (nSPS) is 10.3. The standard InChI is InChI=1S/C13H11F2NO2/c14-10-6-13(11(15)5-12(10)16)18-7-8-1-3-9(17)4-2-8/h1-6,17H,7,16H2. The van der Waals surface area contributed by atoms with Gasteiger partial charge in [0.15, 0.2) is 11.6 Å². The van der Waals surface area contributed by atoms with Gasteiger partial charge in [0, 0.05) is 12.1 Å². The molecule has 0 fully saturated rings. The zero-order chi connectivity index (χ0) is 13.1. The fourth-order valence-electron chi connectivity index (χ4n) is 1.41. The molecule has 5 heteroatoms. The van der Waals surface area contributed by atoms with Crippen LogP contribution in [-0.4, -0.2) is 5.11 Å². The average molecular weight is 251 g/mol. The Bertz CT molecular complexity index is 556. The van der Waals surface area contributed by atoms with E-state index in [9.17, 15) is 8.78 Å². The van der Waals surface area contributed by atoms with Gasteiger partial charge in [0.1, 0.15) is 18.2 Å². The molecular weight excluding hydrogens is 240 g/mol. The Kier molecular flexibility index (Phi) is 3.32. The summed E-state index contributed by atoms with van der Waals surface area (Å²) in [6, 6.07) is 8.01. The Hall–Kier alpha value is -2.30. The molecule has 0 aliphatic rings. The van der Waals surface area contributed by atoms with Crippen LogP contribution >= 0.6 is 0 Å².